The summed E-state index contributed by atoms with van der Waals surface area (Å²) in [7, 11) is 0. The standard InChI is InChI=1S/C12H18N2O2S/c1-2-10(12(15)16)14-6-3-9(4-7-14)11-13-5-8-17-11/h5,8-10H,2-4,6-7H2,1H3,(H,15,16). The highest BCUT2D eigenvalue weighted by atomic mass is 32.1. The van der Waals surface area contributed by atoms with Gasteiger partial charge in [0.05, 0.1) is 5.01 Å². The SMILES string of the molecule is CCC(C(=O)O)N1CCC(c2nccs2)CC1. The second-order valence-corrected chi connectivity index (χ2v) is 5.37. The lowest BCUT2D eigenvalue weighted by Crippen LogP contribution is -2.44. The molecule has 1 N–H and O–H groups in total. The number of piperidine rings is 1. The lowest BCUT2D eigenvalue weighted by Gasteiger charge is -2.34. The molecule has 0 aliphatic carbocycles. The molecule has 1 atom stereocenters. The van der Waals surface area contributed by atoms with Crippen molar-refractivity contribution in [1.29, 1.82) is 0 Å². The number of hydrogen-bond donors (Lipinski definition) is 1. The zero-order valence-corrected chi connectivity index (χ0v) is 10.8. The van der Waals surface area contributed by atoms with Gasteiger partial charge in [0.2, 0.25) is 0 Å². The predicted octanol–water partition coefficient (Wildman–Crippen LogP) is 2.19. The minimum absolute atomic E-state index is 0.313. The summed E-state index contributed by atoms with van der Waals surface area (Å²) in [5.74, 6) is -0.169. The smallest absolute Gasteiger partial charge is 0.320 e. The van der Waals surface area contributed by atoms with E-state index in [9.17, 15) is 4.79 Å². The monoisotopic (exact) mass is 254 g/mol. The highest BCUT2D eigenvalue weighted by Gasteiger charge is 2.29. The summed E-state index contributed by atoms with van der Waals surface area (Å²) < 4.78 is 0. The van der Waals surface area contributed by atoms with Crippen molar-refractivity contribution in [3.05, 3.63) is 16.6 Å². The van der Waals surface area contributed by atoms with Gasteiger partial charge >= 0.3 is 5.97 Å². The van der Waals surface area contributed by atoms with Crippen molar-refractivity contribution in [2.45, 2.75) is 38.1 Å². The molecule has 0 bridgehead atoms. The molecule has 0 radical (unpaired) electrons. The molecule has 0 aromatic carbocycles. The van der Waals surface area contributed by atoms with Crippen LogP contribution in [0.4, 0.5) is 0 Å². The Morgan fingerprint density at radius 1 is 1.65 bits per heavy atom. The zero-order chi connectivity index (χ0) is 12.3. The molecule has 1 unspecified atom stereocenters. The zero-order valence-electron chi connectivity index (χ0n) is 10.0. The fraction of sp³-hybridized carbons (Fsp3) is 0.667. The molecule has 1 aliphatic rings. The molecule has 0 amide bonds. The number of carboxylic acid groups (broad SMARTS) is 1. The fourth-order valence-electron chi connectivity index (χ4n) is 2.48. The number of nitrogens with zero attached hydrogens (tertiary/aromatic N) is 2. The average molecular weight is 254 g/mol. The summed E-state index contributed by atoms with van der Waals surface area (Å²) in [6.45, 7) is 3.68. The number of thiazole rings is 1. The molecule has 5 heteroatoms. The normalized spacial score (nSPS) is 20.3. The van der Waals surface area contributed by atoms with Crippen molar-refractivity contribution < 1.29 is 9.90 Å². The fourth-order valence-corrected chi connectivity index (χ4v) is 3.29. The largest absolute Gasteiger partial charge is 0.480 e. The molecule has 1 aromatic rings. The lowest BCUT2D eigenvalue weighted by atomic mass is 9.96. The molecule has 1 saturated heterocycles. The number of aliphatic carboxylic acids is 1. The molecule has 2 heterocycles. The highest BCUT2D eigenvalue weighted by molar-refractivity contribution is 7.09. The maximum Gasteiger partial charge on any atom is 0.320 e. The van der Waals surface area contributed by atoms with Gasteiger partial charge in [-0.3, -0.25) is 9.69 Å². The molecular formula is C12H18N2O2S. The van der Waals surface area contributed by atoms with Crippen molar-refractivity contribution >= 4 is 17.3 Å². The van der Waals surface area contributed by atoms with Crippen LogP contribution < -0.4 is 0 Å². The Bertz CT molecular complexity index is 359. The minimum Gasteiger partial charge on any atom is -0.480 e. The second-order valence-electron chi connectivity index (χ2n) is 4.44. The van der Waals surface area contributed by atoms with Crippen LogP contribution in [0.1, 0.15) is 37.1 Å². The summed E-state index contributed by atoms with van der Waals surface area (Å²) in [6, 6.07) is -0.313. The molecule has 0 saturated carbocycles. The van der Waals surface area contributed by atoms with E-state index < -0.39 is 5.97 Å². The van der Waals surface area contributed by atoms with Gasteiger partial charge in [0.1, 0.15) is 6.04 Å². The van der Waals surface area contributed by atoms with Gasteiger partial charge in [-0.15, -0.1) is 11.3 Å². The van der Waals surface area contributed by atoms with Gasteiger partial charge in [-0.25, -0.2) is 4.98 Å². The van der Waals surface area contributed by atoms with Crippen LogP contribution in [0.5, 0.6) is 0 Å². The van der Waals surface area contributed by atoms with Gasteiger partial charge < -0.3 is 5.11 Å². The van der Waals surface area contributed by atoms with Crippen LogP contribution in [-0.4, -0.2) is 40.1 Å². The Hall–Kier alpha value is -0.940. The Morgan fingerprint density at radius 3 is 2.82 bits per heavy atom. The third-order valence-corrected chi connectivity index (χ3v) is 4.38. The average Bonchev–Trinajstić information content (AvgIpc) is 2.84. The summed E-state index contributed by atoms with van der Waals surface area (Å²) in [5.41, 5.74) is 0. The molecule has 1 aliphatic heterocycles. The molecule has 2 rings (SSSR count). The van der Waals surface area contributed by atoms with E-state index in [-0.39, 0.29) is 6.04 Å². The first-order valence-corrected chi connectivity index (χ1v) is 6.96. The van der Waals surface area contributed by atoms with Crippen LogP contribution in [0.2, 0.25) is 0 Å². The van der Waals surface area contributed by atoms with Crippen LogP contribution in [0, 0.1) is 0 Å². The van der Waals surface area contributed by atoms with E-state index in [0.717, 1.165) is 25.9 Å². The summed E-state index contributed by atoms with van der Waals surface area (Å²) in [4.78, 5) is 17.5. The Morgan fingerprint density at radius 2 is 2.35 bits per heavy atom. The number of aromatic nitrogens is 1. The van der Waals surface area contributed by atoms with E-state index in [0.29, 0.717) is 12.3 Å². The van der Waals surface area contributed by atoms with Crippen LogP contribution in [-0.2, 0) is 4.79 Å². The summed E-state index contributed by atoms with van der Waals surface area (Å²) in [5, 5.41) is 12.3. The van der Waals surface area contributed by atoms with Gasteiger partial charge in [0.25, 0.3) is 0 Å². The highest BCUT2D eigenvalue weighted by Crippen LogP contribution is 2.30. The van der Waals surface area contributed by atoms with Crippen molar-refractivity contribution in [1.82, 2.24) is 9.88 Å². The molecule has 4 nitrogen and oxygen atoms in total. The van der Waals surface area contributed by atoms with Gasteiger partial charge in [-0.1, -0.05) is 6.92 Å². The van der Waals surface area contributed by atoms with E-state index in [1.807, 2.05) is 18.5 Å². The van der Waals surface area contributed by atoms with Crippen LogP contribution in [0.15, 0.2) is 11.6 Å². The lowest BCUT2D eigenvalue weighted by molar-refractivity contribution is -0.143. The van der Waals surface area contributed by atoms with Gasteiger partial charge in [0, 0.05) is 17.5 Å². The first kappa shape index (κ1) is 12.5. The Kier molecular flexibility index (Phi) is 4.12. The van der Waals surface area contributed by atoms with E-state index in [2.05, 4.69) is 9.88 Å². The van der Waals surface area contributed by atoms with E-state index in [4.69, 9.17) is 5.11 Å². The maximum absolute atomic E-state index is 11.1. The topological polar surface area (TPSA) is 53.4 Å². The number of carboxylic acids is 1. The molecule has 17 heavy (non-hydrogen) atoms. The molecule has 1 aromatic heterocycles. The predicted molar refractivity (Wildman–Crippen MR) is 67.4 cm³/mol. The molecule has 0 spiro atoms. The van der Waals surface area contributed by atoms with Crippen LogP contribution >= 0.6 is 11.3 Å². The molecular weight excluding hydrogens is 236 g/mol. The minimum atomic E-state index is -0.694. The van der Waals surface area contributed by atoms with E-state index in [1.54, 1.807) is 11.3 Å². The first-order chi connectivity index (χ1) is 8.22. The maximum atomic E-state index is 11.1. The summed E-state index contributed by atoms with van der Waals surface area (Å²) >= 11 is 1.71. The van der Waals surface area contributed by atoms with Gasteiger partial charge in [0.15, 0.2) is 0 Å². The number of likely N-dealkylation sites (tertiary alicyclic amines) is 1. The van der Waals surface area contributed by atoms with Crippen molar-refractivity contribution in [2.75, 3.05) is 13.1 Å². The van der Waals surface area contributed by atoms with Crippen LogP contribution in [0.3, 0.4) is 0 Å². The van der Waals surface area contributed by atoms with Gasteiger partial charge in [-0.05, 0) is 32.4 Å². The van der Waals surface area contributed by atoms with E-state index >= 15 is 0 Å². The van der Waals surface area contributed by atoms with Crippen molar-refractivity contribution in [3.63, 3.8) is 0 Å². The Labute approximate surface area is 105 Å². The Balaban J connectivity index is 1.91. The van der Waals surface area contributed by atoms with Crippen molar-refractivity contribution in [2.24, 2.45) is 0 Å². The summed E-state index contributed by atoms with van der Waals surface area (Å²) in [6.07, 6.45) is 4.57. The van der Waals surface area contributed by atoms with Gasteiger partial charge in [-0.2, -0.15) is 0 Å². The van der Waals surface area contributed by atoms with Crippen LogP contribution in [0.25, 0.3) is 0 Å². The molecule has 94 valence electrons. The number of carbonyl (C=O) groups is 1. The van der Waals surface area contributed by atoms with Crippen molar-refractivity contribution in [3.8, 4) is 0 Å². The quantitative estimate of drug-likeness (QED) is 0.895. The van der Waals surface area contributed by atoms with E-state index in [1.165, 1.54) is 5.01 Å². The number of rotatable bonds is 4. The molecule has 1 fully saturated rings. The first-order valence-electron chi connectivity index (χ1n) is 6.08. The second kappa shape index (κ2) is 5.60. The number of hydrogen-bond acceptors (Lipinski definition) is 4. The third kappa shape index (κ3) is 2.84. The third-order valence-electron chi connectivity index (χ3n) is 3.44.